The average molecular weight is 345 g/mol. The summed E-state index contributed by atoms with van der Waals surface area (Å²) in [5.74, 6) is -0.589. The molecule has 0 fully saturated rings. The van der Waals surface area contributed by atoms with Gasteiger partial charge in [-0.15, -0.1) is 11.3 Å². The maximum atomic E-state index is 12.0. The van der Waals surface area contributed by atoms with Gasteiger partial charge in [-0.05, 0) is 31.2 Å². The number of nitrogens with zero attached hydrogens (tertiary/aromatic N) is 1. The van der Waals surface area contributed by atoms with E-state index in [0.717, 1.165) is 11.1 Å². The van der Waals surface area contributed by atoms with Crippen molar-refractivity contribution in [2.24, 2.45) is 0 Å². The number of aromatic nitrogens is 1. The van der Waals surface area contributed by atoms with E-state index in [1.807, 2.05) is 0 Å². The Kier molecular flexibility index (Phi) is 4.65. The van der Waals surface area contributed by atoms with Crippen LogP contribution in [0.2, 0.25) is 4.34 Å². The predicted octanol–water partition coefficient (Wildman–Crippen LogP) is 2.84. The van der Waals surface area contributed by atoms with Gasteiger partial charge >= 0.3 is 0 Å². The number of halogens is 1. The fourth-order valence-corrected chi connectivity index (χ4v) is 3.07. The predicted molar refractivity (Wildman–Crippen MR) is 85.5 cm³/mol. The van der Waals surface area contributed by atoms with E-state index >= 15 is 0 Å². The summed E-state index contributed by atoms with van der Waals surface area (Å²) >= 11 is 7.23. The van der Waals surface area contributed by atoms with Crippen molar-refractivity contribution in [3.8, 4) is 10.6 Å². The first-order chi connectivity index (χ1) is 9.79. The number of amides is 1. The molecule has 0 radical (unpaired) electrons. The number of rotatable bonds is 4. The first-order valence-corrected chi connectivity index (χ1v) is 9.14. The zero-order valence-corrected chi connectivity index (χ0v) is 13.7. The van der Waals surface area contributed by atoms with Crippen LogP contribution in [-0.4, -0.2) is 30.8 Å². The summed E-state index contributed by atoms with van der Waals surface area (Å²) in [6, 6.07) is 6.87. The normalized spacial score (nSPS) is 12.9. The lowest BCUT2D eigenvalue weighted by atomic mass is 10.2. The minimum Gasteiger partial charge on any atom is -0.323 e. The second-order valence-corrected chi connectivity index (χ2v) is 8.55. The number of sulfone groups is 1. The van der Waals surface area contributed by atoms with E-state index in [2.05, 4.69) is 10.3 Å². The number of thiophene rings is 1. The third-order valence-corrected chi connectivity index (χ3v) is 5.62. The fraction of sp³-hybridized carbons (Fsp3) is 0.231. The maximum absolute atomic E-state index is 12.0. The van der Waals surface area contributed by atoms with Crippen LogP contribution >= 0.6 is 22.9 Å². The molecule has 1 atom stereocenters. The number of carbonyl (C=O) groups is 1. The van der Waals surface area contributed by atoms with Gasteiger partial charge in [-0.25, -0.2) is 8.42 Å². The van der Waals surface area contributed by atoms with E-state index in [-0.39, 0.29) is 0 Å². The number of pyridine rings is 1. The van der Waals surface area contributed by atoms with Crippen LogP contribution in [0.5, 0.6) is 0 Å². The second kappa shape index (κ2) is 6.13. The molecule has 1 amide bonds. The van der Waals surface area contributed by atoms with Crippen molar-refractivity contribution >= 4 is 44.4 Å². The molecule has 0 aliphatic heterocycles. The Hall–Kier alpha value is -1.44. The topological polar surface area (TPSA) is 76.1 Å². The summed E-state index contributed by atoms with van der Waals surface area (Å²) in [7, 11) is -3.45. The number of nitrogens with one attached hydrogen (secondary N) is 1. The van der Waals surface area contributed by atoms with E-state index in [0.29, 0.717) is 15.7 Å². The summed E-state index contributed by atoms with van der Waals surface area (Å²) in [4.78, 5) is 17.0. The minimum atomic E-state index is -3.45. The van der Waals surface area contributed by atoms with Crippen molar-refractivity contribution in [3.63, 3.8) is 0 Å². The van der Waals surface area contributed by atoms with Crippen LogP contribution in [0.1, 0.15) is 6.92 Å². The van der Waals surface area contributed by atoms with Gasteiger partial charge < -0.3 is 5.32 Å². The molecule has 0 bridgehead atoms. The van der Waals surface area contributed by atoms with Crippen molar-refractivity contribution in [2.45, 2.75) is 12.2 Å². The molecule has 0 spiro atoms. The molecule has 1 N–H and O–H groups in total. The largest absolute Gasteiger partial charge is 0.323 e. The van der Waals surface area contributed by atoms with E-state index < -0.39 is 21.0 Å². The zero-order valence-electron chi connectivity index (χ0n) is 11.3. The van der Waals surface area contributed by atoms with E-state index in [1.54, 1.807) is 30.5 Å². The molecule has 0 saturated heterocycles. The van der Waals surface area contributed by atoms with Gasteiger partial charge in [0, 0.05) is 12.5 Å². The summed E-state index contributed by atoms with van der Waals surface area (Å²) in [5, 5.41) is 1.48. The molecule has 112 valence electrons. The molecule has 0 aliphatic carbocycles. The Balaban J connectivity index is 2.32. The van der Waals surface area contributed by atoms with Crippen LogP contribution in [0.25, 0.3) is 10.6 Å². The standard InChI is InChI=1S/C13H13ClN2O3S2/c1-8(21(2,18)19)13(17)16-9-4-3-7-15-12(9)10-5-6-11(14)20-10/h3-8H,1-2H3,(H,16,17). The van der Waals surface area contributed by atoms with Gasteiger partial charge in [0.25, 0.3) is 0 Å². The quantitative estimate of drug-likeness (QED) is 0.925. The monoisotopic (exact) mass is 344 g/mol. The van der Waals surface area contributed by atoms with Crippen molar-refractivity contribution in [2.75, 3.05) is 11.6 Å². The van der Waals surface area contributed by atoms with E-state index in [1.165, 1.54) is 18.3 Å². The molecule has 2 aromatic rings. The second-order valence-electron chi connectivity index (χ2n) is 4.46. The Morgan fingerprint density at radius 1 is 1.38 bits per heavy atom. The summed E-state index contributed by atoms with van der Waals surface area (Å²) in [6.45, 7) is 1.35. The molecule has 8 heteroatoms. The Bertz CT molecular complexity index is 771. The smallest absolute Gasteiger partial charge is 0.242 e. The van der Waals surface area contributed by atoms with Gasteiger partial charge in [0.2, 0.25) is 5.91 Å². The van der Waals surface area contributed by atoms with Crippen LogP contribution in [0, 0.1) is 0 Å². The SMILES string of the molecule is CC(C(=O)Nc1cccnc1-c1ccc(Cl)s1)S(C)(=O)=O. The van der Waals surface area contributed by atoms with Crippen LogP contribution in [0.15, 0.2) is 30.5 Å². The molecule has 2 aromatic heterocycles. The van der Waals surface area contributed by atoms with E-state index in [4.69, 9.17) is 11.6 Å². The Morgan fingerprint density at radius 3 is 2.67 bits per heavy atom. The van der Waals surface area contributed by atoms with Crippen molar-refractivity contribution in [3.05, 3.63) is 34.8 Å². The number of carbonyl (C=O) groups excluding carboxylic acids is 1. The number of hydrogen-bond acceptors (Lipinski definition) is 5. The molecule has 0 aliphatic rings. The summed E-state index contributed by atoms with van der Waals surface area (Å²) < 4.78 is 23.5. The Labute approximate surface area is 131 Å². The van der Waals surface area contributed by atoms with Crippen LogP contribution in [0.4, 0.5) is 5.69 Å². The van der Waals surface area contributed by atoms with Crippen LogP contribution in [-0.2, 0) is 14.6 Å². The van der Waals surface area contributed by atoms with Gasteiger partial charge in [0.1, 0.15) is 10.9 Å². The highest BCUT2D eigenvalue weighted by Crippen LogP contribution is 2.33. The van der Waals surface area contributed by atoms with Crippen molar-refractivity contribution < 1.29 is 13.2 Å². The molecule has 2 heterocycles. The lowest BCUT2D eigenvalue weighted by Gasteiger charge is -2.12. The van der Waals surface area contributed by atoms with Gasteiger partial charge in [-0.1, -0.05) is 11.6 Å². The Morgan fingerprint density at radius 2 is 2.10 bits per heavy atom. The summed E-state index contributed by atoms with van der Waals surface area (Å²) in [6.07, 6.45) is 2.62. The molecule has 5 nitrogen and oxygen atoms in total. The molecule has 0 saturated carbocycles. The first-order valence-electron chi connectivity index (χ1n) is 5.99. The maximum Gasteiger partial charge on any atom is 0.242 e. The number of hydrogen-bond donors (Lipinski definition) is 1. The third kappa shape index (κ3) is 3.81. The van der Waals surface area contributed by atoms with Gasteiger partial charge in [-0.3, -0.25) is 9.78 Å². The van der Waals surface area contributed by atoms with E-state index in [9.17, 15) is 13.2 Å². The molecule has 0 aromatic carbocycles. The van der Waals surface area contributed by atoms with Crippen LogP contribution < -0.4 is 5.32 Å². The lowest BCUT2D eigenvalue weighted by Crippen LogP contribution is -2.32. The highest BCUT2D eigenvalue weighted by atomic mass is 35.5. The highest BCUT2D eigenvalue weighted by molar-refractivity contribution is 7.92. The van der Waals surface area contributed by atoms with Gasteiger partial charge in [0.05, 0.1) is 14.9 Å². The first kappa shape index (κ1) is 15.9. The zero-order chi connectivity index (χ0) is 15.6. The highest BCUT2D eigenvalue weighted by Gasteiger charge is 2.24. The van der Waals surface area contributed by atoms with Crippen LogP contribution in [0.3, 0.4) is 0 Å². The molecular weight excluding hydrogens is 332 g/mol. The molecule has 21 heavy (non-hydrogen) atoms. The minimum absolute atomic E-state index is 0.455. The van der Waals surface area contributed by atoms with Crippen molar-refractivity contribution in [1.82, 2.24) is 4.98 Å². The van der Waals surface area contributed by atoms with Crippen molar-refractivity contribution in [1.29, 1.82) is 0 Å². The number of anilines is 1. The van der Waals surface area contributed by atoms with Gasteiger partial charge in [-0.2, -0.15) is 0 Å². The molecular formula is C13H13ClN2O3S2. The molecule has 1 unspecified atom stereocenters. The summed E-state index contributed by atoms with van der Waals surface area (Å²) in [5.41, 5.74) is 1.01. The molecule has 2 rings (SSSR count). The lowest BCUT2D eigenvalue weighted by molar-refractivity contribution is -0.115. The van der Waals surface area contributed by atoms with Gasteiger partial charge in [0.15, 0.2) is 9.84 Å². The fourth-order valence-electron chi connectivity index (χ4n) is 1.57. The average Bonchev–Trinajstić information content (AvgIpc) is 2.84. The third-order valence-electron chi connectivity index (χ3n) is 2.88.